The van der Waals surface area contributed by atoms with Crippen molar-refractivity contribution >= 4 is 5.91 Å². The number of benzene rings is 1. The molecule has 1 unspecified atom stereocenters. The Morgan fingerprint density at radius 3 is 2.81 bits per heavy atom. The minimum atomic E-state index is -0.657. The zero-order chi connectivity index (χ0) is 15.2. The maximum Gasteiger partial charge on any atom is 0.227 e. The highest BCUT2D eigenvalue weighted by atomic mass is 19.1. The lowest BCUT2D eigenvalue weighted by Gasteiger charge is -2.30. The molecule has 0 aliphatic carbocycles. The highest BCUT2D eigenvalue weighted by Gasteiger charge is 2.20. The normalized spacial score (nSPS) is 18.5. The molecule has 1 aliphatic heterocycles. The fraction of sp³-hybridized carbons (Fsp3) is 0.562. The van der Waals surface area contributed by atoms with Crippen LogP contribution in [-0.2, 0) is 11.2 Å². The van der Waals surface area contributed by atoms with Gasteiger partial charge in [-0.1, -0.05) is 12.5 Å². The van der Waals surface area contributed by atoms with Crippen molar-refractivity contribution < 1.29 is 13.6 Å². The zero-order valence-corrected chi connectivity index (χ0v) is 12.4. The minimum absolute atomic E-state index is 0.0212. The molecule has 5 heteroatoms. The van der Waals surface area contributed by atoms with Gasteiger partial charge in [-0.15, -0.1) is 0 Å². The smallest absolute Gasteiger partial charge is 0.227 e. The van der Waals surface area contributed by atoms with Crippen molar-refractivity contribution in [3.05, 3.63) is 35.4 Å². The first-order chi connectivity index (χ1) is 10.1. The number of nitrogens with one attached hydrogen (secondary N) is 1. The topological polar surface area (TPSA) is 32.3 Å². The van der Waals surface area contributed by atoms with E-state index in [-0.39, 0.29) is 17.9 Å². The lowest BCUT2D eigenvalue weighted by Crippen LogP contribution is -2.46. The van der Waals surface area contributed by atoms with Crippen LogP contribution in [0, 0.1) is 11.6 Å². The molecule has 1 aromatic carbocycles. The Bertz CT molecular complexity index is 487. The molecule has 1 amide bonds. The van der Waals surface area contributed by atoms with E-state index < -0.39 is 11.6 Å². The Balaban J connectivity index is 1.95. The summed E-state index contributed by atoms with van der Waals surface area (Å²) in [4.78, 5) is 14.0. The van der Waals surface area contributed by atoms with Gasteiger partial charge in [-0.25, -0.2) is 8.78 Å². The molecule has 1 aromatic rings. The quantitative estimate of drug-likeness (QED) is 0.905. The van der Waals surface area contributed by atoms with Crippen LogP contribution in [0.2, 0.25) is 0 Å². The van der Waals surface area contributed by atoms with Crippen LogP contribution in [0.25, 0.3) is 0 Å². The van der Waals surface area contributed by atoms with E-state index in [0.29, 0.717) is 19.1 Å². The Kier molecular flexibility index (Phi) is 5.67. The molecular formula is C16H22F2N2O. The van der Waals surface area contributed by atoms with E-state index >= 15 is 0 Å². The third kappa shape index (κ3) is 4.49. The fourth-order valence-electron chi connectivity index (χ4n) is 2.69. The maximum absolute atomic E-state index is 13.6. The van der Waals surface area contributed by atoms with Gasteiger partial charge >= 0.3 is 0 Å². The van der Waals surface area contributed by atoms with Crippen molar-refractivity contribution in [2.24, 2.45) is 0 Å². The lowest BCUT2D eigenvalue weighted by atomic mass is 10.0. The van der Waals surface area contributed by atoms with Gasteiger partial charge in [-0.3, -0.25) is 4.79 Å². The summed E-state index contributed by atoms with van der Waals surface area (Å²) in [6.07, 6.45) is 3.40. The molecular weight excluding hydrogens is 274 g/mol. The van der Waals surface area contributed by atoms with Crippen LogP contribution < -0.4 is 5.32 Å². The van der Waals surface area contributed by atoms with Gasteiger partial charge in [-0.2, -0.15) is 0 Å². The average Bonchev–Trinajstić information content (AvgIpc) is 2.48. The van der Waals surface area contributed by atoms with E-state index in [1.165, 1.54) is 25.0 Å². The second-order valence-corrected chi connectivity index (χ2v) is 5.49. The molecule has 1 heterocycles. The summed E-state index contributed by atoms with van der Waals surface area (Å²) in [5.74, 6) is -1.40. The molecule has 1 aliphatic rings. The van der Waals surface area contributed by atoms with Gasteiger partial charge in [0.2, 0.25) is 5.91 Å². The number of nitrogens with zero attached hydrogens (tertiary/aromatic N) is 1. The van der Waals surface area contributed by atoms with Crippen LogP contribution in [-0.4, -0.2) is 36.5 Å². The summed E-state index contributed by atoms with van der Waals surface area (Å²) in [5.41, 5.74) is 0.247. The van der Waals surface area contributed by atoms with Gasteiger partial charge < -0.3 is 10.2 Å². The number of piperidine rings is 1. The summed E-state index contributed by atoms with van der Waals surface area (Å²) in [7, 11) is 0. The van der Waals surface area contributed by atoms with E-state index in [4.69, 9.17) is 0 Å². The largest absolute Gasteiger partial charge is 0.341 e. The predicted molar refractivity (Wildman–Crippen MR) is 78.0 cm³/mol. The van der Waals surface area contributed by atoms with Crippen molar-refractivity contribution in [3.63, 3.8) is 0 Å². The minimum Gasteiger partial charge on any atom is -0.341 e. The monoisotopic (exact) mass is 296 g/mol. The van der Waals surface area contributed by atoms with E-state index in [9.17, 15) is 13.6 Å². The molecule has 116 valence electrons. The molecule has 0 radical (unpaired) electrons. The van der Waals surface area contributed by atoms with Crippen molar-refractivity contribution in [1.82, 2.24) is 10.2 Å². The number of likely N-dealkylation sites (N-methyl/N-ethyl adjacent to an activating group) is 1. The van der Waals surface area contributed by atoms with Crippen LogP contribution in [0.5, 0.6) is 0 Å². The van der Waals surface area contributed by atoms with Crippen LogP contribution >= 0.6 is 0 Å². The summed E-state index contributed by atoms with van der Waals surface area (Å²) in [6, 6.07) is 3.67. The molecule has 1 fully saturated rings. The first-order valence-electron chi connectivity index (χ1n) is 7.55. The highest BCUT2D eigenvalue weighted by Crippen LogP contribution is 2.13. The number of amides is 1. The molecule has 1 N–H and O–H groups in total. The summed E-state index contributed by atoms with van der Waals surface area (Å²) < 4.78 is 26.5. The fourth-order valence-corrected chi connectivity index (χ4v) is 2.69. The summed E-state index contributed by atoms with van der Waals surface area (Å²) >= 11 is 0. The van der Waals surface area contributed by atoms with Crippen LogP contribution in [0.15, 0.2) is 18.2 Å². The molecule has 2 rings (SSSR count). The molecule has 0 spiro atoms. The maximum atomic E-state index is 13.6. The Morgan fingerprint density at radius 2 is 2.19 bits per heavy atom. The first kappa shape index (κ1) is 15.9. The number of carbonyl (C=O) groups is 1. The Morgan fingerprint density at radius 1 is 1.38 bits per heavy atom. The zero-order valence-electron chi connectivity index (χ0n) is 12.4. The van der Waals surface area contributed by atoms with Gasteiger partial charge in [0.25, 0.3) is 0 Å². The van der Waals surface area contributed by atoms with Crippen LogP contribution in [0.1, 0.15) is 31.7 Å². The van der Waals surface area contributed by atoms with Gasteiger partial charge in [-0.05, 0) is 37.9 Å². The van der Waals surface area contributed by atoms with E-state index in [1.54, 1.807) is 4.90 Å². The second kappa shape index (κ2) is 7.50. The molecule has 0 aromatic heterocycles. The second-order valence-electron chi connectivity index (χ2n) is 5.49. The SMILES string of the molecule is CCN(CC1CCCCN1)C(=O)Cc1ccc(F)cc1F. The number of halogens is 2. The van der Waals surface area contributed by atoms with E-state index in [2.05, 4.69) is 5.32 Å². The average molecular weight is 296 g/mol. The molecule has 21 heavy (non-hydrogen) atoms. The number of carbonyl (C=O) groups excluding carboxylic acids is 1. The van der Waals surface area contributed by atoms with E-state index in [0.717, 1.165) is 19.0 Å². The Hall–Kier alpha value is -1.49. The number of hydrogen-bond donors (Lipinski definition) is 1. The van der Waals surface area contributed by atoms with Crippen molar-refractivity contribution in [2.45, 2.75) is 38.6 Å². The molecule has 1 atom stereocenters. The lowest BCUT2D eigenvalue weighted by molar-refractivity contribution is -0.130. The molecule has 1 saturated heterocycles. The van der Waals surface area contributed by atoms with Gasteiger partial charge in [0.15, 0.2) is 0 Å². The van der Waals surface area contributed by atoms with Crippen molar-refractivity contribution in [2.75, 3.05) is 19.6 Å². The van der Waals surface area contributed by atoms with Crippen molar-refractivity contribution in [1.29, 1.82) is 0 Å². The standard InChI is InChI=1S/C16H22F2N2O/c1-2-20(11-14-5-3-4-8-19-14)16(21)9-12-6-7-13(17)10-15(12)18/h6-7,10,14,19H,2-5,8-9,11H2,1H3. The molecule has 3 nitrogen and oxygen atoms in total. The van der Waals surface area contributed by atoms with Crippen LogP contribution in [0.3, 0.4) is 0 Å². The van der Waals surface area contributed by atoms with Crippen molar-refractivity contribution in [3.8, 4) is 0 Å². The van der Waals surface area contributed by atoms with Gasteiger partial charge in [0.05, 0.1) is 6.42 Å². The third-order valence-corrected chi connectivity index (χ3v) is 3.94. The summed E-state index contributed by atoms with van der Waals surface area (Å²) in [5, 5.41) is 3.40. The number of rotatable bonds is 5. The van der Waals surface area contributed by atoms with Gasteiger partial charge in [0, 0.05) is 25.2 Å². The molecule has 0 bridgehead atoms. The summed E-state index contributed by atoms with van der Waals surface area (Å²) in [6.45, 7) is 4.16. The van der Waals surface area contributed by atoms with Gasteiger partial charge in [0.1, 0.15) is 11.6 Å². The number of hydrogen-bond acceptors (Lipinski definition) is 2. The first-order valence-corrected chi connectivity index (χ1v) is 7.55. The van der Waals surface area contributed by atoms with E-state index in [1.807, 2.05) is 6.92 Å². The Labute approximate surface area is 124 Å². The molecule has 0 saturated carbocycles. The third-order valence-electron chi connectivity index (χ3n) is 3.94. The highest BCUT2D eigenvalue weighted by molar-refractivity contribution is 5.78. The van der Waals surface area contributed by atoms with Crippen LogP contribution in [0.4, 0.5) is 8.78 Å². The predicted octanol–water partition coefficient (Wildman–Crippen LogP) is 2.50.